The molecule has 0 saturated carbocycles. The number of H-pyrrole nitrogens is 2. The van der Waals surface area contributed by atoms with Crippen molar-refractivity contribution in [2.75, 3.05) is 5.32 Å². The number of rotatable bonds is 6. The Morgan fingerprint density at radius 3 is 2.18 bits per heavy atom. The van der Waals surface area contributed by atoms with Gasteiger partial charge >= 0.3 is 0 Å². The van der Waals surface area contributed by atoms with Crippen LogP contribution in [0.3, 0.4) is 0 Å². The Balaban J connectivity index is 1.64. The van der Waals surface area contributed by atoms with Crippen LogP contribution in [0.15, 0.2) is 0 Å². The second-order valence-electron chi connectivity index (χ2n) is 4.06. The van der Waals surface area contributed by atoms with Crippen molar-refractivity contribution in [2.24, 2.45) is 0 Å². The predicted octanol–water partition coefficient (Wildman–Crippen LogP) is -2.18. The van der Waals surface area contributed by atoms with Crippen LogP contribution in [-0.4, -0.2) is 61.0 Å². The summed E-state index contributed by atoms with van der Waals surface area (Å²) in [5.41, 5.74) is 0. The summed E-state index contributed by atoms with van der Waals surface area (Å²) in [6.45, 7) is -0.499. The Morgan fingerprint density at radius 1 is 0.773 bits per heavy atom. The molecule has 0 spiro atoms. The summed E-state index contributed by atoms with van der Waals surface area (Å²) >= 11 is 0. The summed E-state index contributed by atoms with van der Waals surface area (Å²) in [4.78, 5) is 7.93. The average molecular weight is 305 g/mol. The smallest absolute Gasteiger partial charge is 0.268 e. The summed E-state index contributed by atoms with van der Waals surface area (Å²) in [5.74, 6) is 1.74. The van der Waals surface area contributed by atoms with Crippen LogP contribution >= 0.6 is 0 Å². The average Bonchev–Trinajstić information content (AvgIpc) is 3.18. The van der Waals surface area contributed by atoms with Crippen LogP contribution in [0.4, 0.5) is 11.9 Å². The third-order valence-corrected chi connectivity index (χ3v) is 2.47. The van der Waals surface area contributed by atoms with Crippen LogP contribution < -0.4 is 5.32 Å². The van der Waals surface area contributed by atoms with Gasteiger partial charge in [0.25, 0.3) is 5.95 Å². The zero-order chi connectivity index (χ0) is 15.4. The number of anilines is 2. The van der Waals surface area contributed by atoms with E-state index in [2.05, 4.69) is 56.1 Å². The van der Waals surface area contributed by atoms with Crippen molar-refractivity contribution >= 4 is 11.9 Å². The summed E-state index contributed by atoms with van der Waals surface area (Å²) < 4.78 is 0. The maximum absolute atomic E-state index is 8.87. The maximum atomic E-state index is 8.87. The molecule has 3 heterocycles. The molecule has 0 atom stereocenters. The van der Waals surface area contributed by atoms with Gasteiger partial charge in [0.2, 0.25) is 5.95 Å². The van der Waals surface area contributed by atoms with Gasteiger partial charge in [-0.05, 0) is 0 Å². The molecule has 114 valence electrons. The molecule has 0 unspecified atom stereocenters. The molecule has 22 heavy (non-hydrogen) atoms. The van der Waals surface area contributed by atoms with Crippen LogP contribution in [0.25, 0.3) is 0 Å². The van der Waals surface area contributed by atoms with Crippen molar-refractivity contribution < 1.29 is 10.2 Å². The van der Waals surface area contributed by atoms with Crippen molar-refractivity contribution in [3.63, 3.8) is 0 Å². The van der Waals surface area contributed by atoms with E-state index in [1.807, 2.05) is 0 Å². The molecule has 0 fully saturated rings. The van der Waals surface area contributed by atoms with Crippen molar-refractivity contribution in [2.45, 2.75) is 19.6 Å². The maximum Gasteiger partial charge on any atom is 0.268 e. The largest absolute Gasteiger partial charge is 0.388 e. The SMILES string of the molecule is OCc1n[nH]c(Cc2nnc(Nc3n[nH]c(CO)n3)nn2)n1. The Kier molecular flexibility index (Phi) is 3.88. The fourth-order valence-electron chi connectivity index (χ4n) is 1.53. The second kappa shape index (κ2) is 6.15. The molecule has 3 aromatic rings. The highest BCUT2D eigenvalue weighted by Gasteiger charge is 2.09. The van der Waals surface area contributed by atoms with Crippen LogP contribution in [0.1, 0.15) is 23.3 Å². The Bertz CT molecular complexity index is 673. The number of aromatic amines is 2. The van der Waals surface area contributed by atoms with Gasteiger partial charge in [0.05, 0.1) is 6.42 Å². The summed E-state index contributed by atoms with van der Waals surface area (Å²) in [6, 6.07) is 0. The minimum atomic E-state index is -0.252. The zero-order valence-corrected chi connectivity index (χ0v) is 11.1. The molecule has 13 nitrogen and oxygen atoms in total. The molecule has 0 aliphatic carbocycles. The summed E-state index contributed by atoms with van der Waals surface area (Å²) in [5, 5.41) is 48.6. The van der Waals surface area contributed by atoms with Gasteiger partial charge in [-0.1, -0.05) is 0 Å². The fraction of sp³-hybridized carbons (Fsp3) is 0.333. The van der Waals surface area contributed by atoms with E-state index in [1.54, 1.807) is 0 Å². The zero-order valence-electron chi connectivity index (χ0n) is 11.1. The van der Waals surface area contributed by atoms with Gasteiger partial charge in [0, 0.05) is 0 Å². The first kappa shape index (κ1) is 13.9. The van der Waals surface area contributed by atoms with E-state index in [0.717, 1.165) is 0 Å². The van der Waals surface area contributed by atoms with E-state index in [0.29, 0.717) is 23.3 Å². The lowest BCUT2D eigenvalue weighted by molar-refractivity contribution is 0.271. The molecule has 3 aromatic heterocycles. The number of aliphatic hydroxyl groups is 2. The van der Waals surface area contributed by atoms with Gasteiger partial charge < -0.3 is 10.2 Å². The first-order valence-electron chi connectivity index (χ1n) is 6.13. The molecule has 0 amide bonds. The molecule has 5 N–H and O–H groups in total. The Labute approximate surface area is 122 Å². The number of aliphatic hydroxyl groups excluding tert-OH is 2. The van der Waals surface area contributed by atoms with Gasteiger partial charge in [-0.25, -0.2) is 4.98 Å². The lowest BCUT2D eigenvalue weighted by Gasteiger charge is -1.98. The highest BCUT2D eigenvalue weighted by atomic mass is 16.3. The van der Waals surface area contributed by atoms with E-state index in [1.165, 1.54) is 0 Å². The second-order valence-corrected chi connectivity index (χ2v) is 4.06. The lowest BCUT2D eigenvalue weighted by atomic mass is 10.4. The number of nitrogens with zero attached hydrogens (tertiary/aromatic N) is 8. The minimum absolute atomic E-state index is 0.112. The van der Waals surface area contributed by atoms with Crippen LogP contribution in [0, 0.1) is 0 Å². The van der Waals surface area contributed by atoms with Crippen LogP contribution in [-0.2, 0) is 19.6 Å². The van der Waals surface area contributed by atoms with Crippen molar-refractivity contribution in [3.05, 3.63) is 23.3 Å². The number of hydrogen-bond acceptors (Lipinski definition) is 11. The molecule has 0 radical (unpaired) electrons. The number of hydrogen-bond donors (Lipinski definition) is 5. The summed E-state index contributed by atoms with van der Waals surface area (Å²) in [7, 11) is 0. The topological polar surface area (TPSA) is 187 Å². The first-order valence-corrected chi connectivity index (χ1v) is 6.13. The number of aromatic nitrogens is 10. The van der Waals surface area contributed by atoms with Gasteiger partial charge in [-0.2, -0.15) is 10.1 Å². The molecule has 3 rings (SSSR count). The number of nitrogens with one attached hydrogen (secondary N) is 3. The molecular weight excluding hydrogens is 294 g/mol. The molecule has 0 saturated heterocycles. The quantitative estimate of drug-likeness (QED) is 0.333. The standard InChI is InChI=1S/C9H11N11O2/c21-2-6-10-4(13-16-6)1-5-14-19-9(20-15-5)12-8-11-7(3-22)17-18-8/h21-22H,1-3H2,(H,10,13,16)(H2,11,12,17,18,19,20). The minimum Gasteiger partial charge on any atom is -0.388 e. The van der Waals surface area contributed by atoms with Crippen LogP contribution in [0.2, 0.25) is 0 Å². The Morgan fingerprint density at radius 2 is 1.55 bits per heavy atom. The van der Waals surface area contributed by atoms with E-state index in [-0.39, 0.29) is 31.5 Å². The Hall–Kier alpha value is -3.06. The molecule has 0 aliphatic rings. The van der Waals surface area contributed by atoms with E-state index < -0.39 is 0 Å². The van der Waals surface area contributed by atoms with Gasteiger partial charge in [0.1, 0.15) is 19.0 Å². The lowest BCUT2D eigenvalue weighted by Crippen LogP contribution is -2.07. The third-order valence-electron chi connectivity index (χ3n) is 2.47. The first-order chi connectivity index (χ1) is 10.8. The highest BCUT2D eigenvalue weighted by molar-refractivity contribution is 5.39. The molecule has 0 aliphatic heterocycles. The van der Waals surface area contributed by atoms with E-state index >= 15 is 0 Å². The molecular formula is C9H11N11O2. The molecule has 0 bridgehead atoms. The van der Waals surface area contributed by atoms with Gasteiger partial charge in [-0.3, -0.25) is 15.5 Å². The van der Waals surface area contributed by atoms with Gasteiger partial charge in [-0.15, -0.1) is 25.5 Å². The van der Waals surface area contributed by atoms with Gasteiger partial charge in [0.15, 0.2) is 17.5 Å². The summed E-state index contributed by atoms with van der Waals surface area (Å²) in [6.07, 6.45) is 0.253. The van der Waals surface area contributed by atoms with Crippen molar-refractivity contribution in [3.8, 4) is 0 Å². The van der Waals surface area contributed by atoms with Crippen molar-refractivity contribution in [1.82, 2.24) is 50.8 Å². The van der Waals surface area contributed by atoms with Crippen LogP contribution in [0.5, 0.6) is 0 Å². The third kappa shape index (κ3) is 3.15. The normalized spacial score (nSPS) is 10.8. The highest BCUT2D eigenvalue weighted by Crippen LogP contribution is 2.05. The molecule has 0 aromatic carbocycles. The fourth-order valence-corrected chi connectivity index (χ4v) is 1.53. The monoisotopic (exact) mass is 305 g/mol. The van der Waals surface area contributed by atoms with E-state index in [9.17, 15) is 0 Å². The van der Waals surface area contributed by atoms with E-state index in [4.69, 9.17) is 10.2 Å². The molecule has 13 heteroatoms. The predicted molar refractivity (Wildman–Crippen MR) is 68.3 cm³/mol. The van der Waals surface area contributed by atoms with Crippen molar-refractivity contribution in [1.29, 1.82) is 0 Å².